The molecule has 0 bridgehead atoms. The number of aromatic nitrogens is 3. The van der Waals surface area contributed by atoms with Gasteiger partial charge in [0.25, 0.3) is 10.0 Å². The first-order valence-corrected chi connectivity index (χ1v) is 13.8. The van der Waals surface area contributed by atoms with Crippen LogP contribution >= 0.6 is 0 Å². The summed E-state index contributed by atoms with van der Waals surface area (Å²) in [6.45, 7) is -0.0929. The number of hydrogen-bond acceptors (Lipinski definition) is 8. The van der Waals surface area contributed by atoms with Gasteiger partial charge in [-0.15, -0.1) is 0 Å². The predicted molar refractivity (Wildman–Crippen MR) is 134 cm³/mol. The zero-order valence-electron chi connectivity index (χ0n) is 22.3. The first-order valence-electron chi connectivity index (χ1n) is 11.0. The summed E-state index contributed by atoms with van der Waals surface area (Å²) in [5.41, 5.74) is 0.188. The summed E-state index contributed by atoms with van der Waals surface area (Å²) < 4.78 is 89.5. The quantitative estimate of drug-likeness (QED) is 0.277. The summed E-state index contributed by atoms with van der Waals surface area (Å²) in [5, 5.41) is 9.12. The molecule has 0 amide bonds. The fourth-order valence-corrected chi connectivity index (χ4v) is 6.76. The van der Waals surface area contributed by atoms with Crippen molar-refractivity contribution in [2.75, 3.05) is 13.7 Å². The maximum atomic E-state index is 13.8. The van der Waals surface area contributed by atoms with Crippen LogP contribution in [0.5, 0.6) is 11.5 Å². The summed E-state index contributed by atoms with van der Waals surface area (Å²) in [6.07, 6.45) is -3.38. The number of carbonyl (C=O) groups is 1. The minimum atomic E-state index is -4.57. The van der Waals surface area contributed by atoms with E-state index in [1.54, 1.807) is 12.1 Å². The molecule has 4 rings (SSSR count). The Morgan fingerprint density at radius 3 is 2.50 bits per heavy atom. The van der Waals surface area contributed by atoms with Gasteiger partial charge in [0.15, 0.2) is 6.61 Å². The number of benzene rings is 2. The number of rotatable bonds is 9. The summed E-state index contributed by atoms with van der Waals surface area (Å²) in [5.74, 6) is -1.99. The zero-order chi connectivity index (χ0) is 28.5. The van der Waals surface area contributed by atoms with Gasteiger partial charge >= 0.3 is 41.7 Å². The fourth-order valence-electron chi connectivity index (χ4n) is 3.69. The average Bonchev–Trinajstić information content (AvgIpc) is 3.29. The number of fused-ring (bicyclic) bond motifs is 1. The maximum Gasteiger partial charge on any atom is 1.00 e. The van der Waals surface area contributed by atoms with Crippen LogP contribution in [0.3, 0.4) is 0 Å². The molecule has 2 aromatic heterocycles. The summed E-state index contributed by atoms with van der Waals surface area (Å²) >= 11 is 0. The molecule has 1 unspecified atom stereocenters. The monoisotopic (exact) mass is 607 g/mol. The first kappa shape index (κ1) is 31.5. The van der Waals surface area contributed by atoms with E-state index in [0.29, 0.717) is 0 Å². The number of hydrogen-bond donors (Lipinski definition) is 1. The number of imidazole rings is 1. The number of nitrogens with zero attached hydrogens (tertiary/aromatic N) is 3. The van der Waals surface area contributed by atoms with Gasteiger partial charge in [0.2, 0.25) is 5.16 Å². The van der Waals surface area contributed by atoms with Crippen LogP contribution in [0.1, 0.15) is 23.0 Å². The molecular weight excluding hydrogens is 586 g/mol. The number of aromatic carboxylic acids is 1. The first-order chi connectivity index (χ1) is 18.3. The van der Waals surface area contributed by atoms with E-state index in [1.165, 1.54) is 44.5 Å². The van der Waals surface area contributed by atoms with Crippen molar-refractivity contribution in [2.45, 2.75) is 28.9 Å². The van der Waals surface area contributed by atoms with Crippen molar-refractivity contribution < 1.29 is 76.2 Å². The van der Waals surface area contributed by atoms with Crippen LogP contribution in [0.15, 0.2) is 64.8 Å². The van der Waals surface area contributed by atoms with Gasteiger partial charge in [-0.25, -0.2) is 22.2 Å². The molecule has 0 fully saturated rings. The Labute approximate surface area is 252 Å². The van der Waals surface area contributed by atoms with Gasteiger partial charge in [0.1, 0.15) is 17.1 Å². The number of carboxylic acid groups (broad SMARTS) is 1. The van der Waals surface area contributed by atoms with Crippen molar-refractivity contribution in [3.05, 3.63) is 71.5 Å². The number of carboxylic acids is 1. The maximum absolute atomic E-state index is 13.8. The van der Waals surface area contributed by atoms with Gasteiger partial charge in [-0.1, -0.05) is 12.1 Å². The SMILES string of the molecule is COc1ccc(S(=O)(=O)n2c(S(=O)Cc3nccc(OCC(F)(F)F)c3C)nc3ccccc32)cc1C(=O)O.[H-].[Na+]. The van der Waals surface area contributed by atoms with Crippen LogP contribution in [0.4, 0.5) is 13.2 Å². The van der Waals surface area contributed by atoms with Gasteiger partial charge in [0, 0.05) is 11.8 Å². The molecule has 0 radical (unpaired) electrons. The molecule has 0 aliphatic rings. The molecule has 10 nitrogen and oxygen atoms in total. The summed E-state index contributed by atoms with van der Waals surface area (Å²) in [6, 6.07) is 10.6. The zero-order valence-corrected chi connectivity index (χ0v) is 24.9. The Morgan fingerprint density at radius 1 is 1.15 bits per heavy atom. The molecule has 208 valence electrons. The molecule has 40 heavy (non-hydrogen) atoms. The molecule has 1 atom stereocenters. The van der Waals surface area contributed by atoms with Crippen LogP contribution in [0, 0.1) is 6.92 Å². The van der Waals surface area contributed by atoms with Gasteiger partial charge < -0.3 is 16.0 Å². The normalized spacial score (nSPS) is 12.5. The number of methoxy groups -OCH3 is 1. The molecule has 0 saturated heterocycles. The standard InChI is InChI=1S/C24H20F3N3O7S2.Na.H/c1-14-18(28-10-9-20(14)37-13-24(25,26)27)12-38(33)23-29-17-5-3-4-6-19(17)30(23)39(34,35)15-7-8-21(36-2)16(11-15)22(31)32;;/h3-11H,12-13H2,1-2H3,(H,31,32);;/q;+1;-1. The van der Waals surface area contributed by atoms with Crippen LogP contribution < -0.4 is 39.0 Å². The third-order valence-corrected chi connectivity index (χ3v) is 8.58. The summed E-state index contributed by atoms with van der Waals surface area (Å²) in [4.78, 5) is 19.6. The summed E-state index contributed by atoms with van der Waals surface area (Å²) in [7, 11) is -5.47. The second-order valence-corrected chi connectivity index (χ2v) is 11.2. The van der Waals surface area contributed by atoms with Crippen molar-refractivity contribution >= 4 is 37.8 Å². The molecule has 16 heteroatoms. The second-order valence-electron chi connectivity index (χ2n) is 8.09. The number of pyridine rings is 1. The van der Waals surface area contributed by atoms with E-state index in [0.717, 1.165) is 16.1 Å². The van der Waals surface area contributed by atoms with E-state index in [1.807, 2.05) is 0 Å². The molecule has 4 aromatic rings. The fraction of sp³-hybridized carbons (Fsp3) is 0.208. The minimum Gasteiger partial charge on any atom is -1.00 e. The third-order valence-electron chi connectivity index (χ3n) is 5.55. The van der Waals surface area contributed by atoms with Crippen LogP contribution in [-0.2, 0) is 26.6 Å². The van der Waals surface area contributed by atoms with Crippen molar-refractivity contribution in [1.82, 2.24) is 13.9 Å². The van der Waals surface area contributed by atoms with Gasteiger partial charge in [-0.2, -0.15) is 13.2 Å². The molecule has 0 aliphatic heterocycles. The van der Waals surface area contributed by atoms with Crippen molar-refractivity contribution in [2.24, 2.45) is 0 Å². The Bertz CT molecular complexity index is 1720. The Balaban J connectivity index is 0.00000294. The van der Waals surface area contributed by atoms with E-state index in [2.05, 4.69) is 9.97 Å². The van der Waals surface area contributed by atoms with Gasteiger partial charge in [0.05, 0.1) is 45.3 Å². The number of halogens is 3. The Morgan fingerprint density at radius 2 is 1.85 bits per heavy atom. The number of alkyl halides is 3. The van der Waals surface area contributed by atoms with E-state index in [4.69, 9.17) is 9.47 Å². The van der Waals surface area contributed by atoms with Crippen LogP contribution in [0.25, 0.3) is 11.0 Å². The van der Waals surface area contributed by atoms with E-state index < -0.39 is 55.8 Å². The number of para-hydroxylation sites is 2. The molecule has 0 spiro atoms. The van der Waals surface area contributed by atoms with Gasteiger partial charge in [-0.3, -0.25) is 9.19 Å². The molecule has 0 aliphatic carbocycles. The average molecular weight is 608 g/mol. The smallest absolute Gasteiger partial charge is 1.00 e. The predicted octanol–water partition coefficient (Wildman–Crippen LogP) is 1.05. The third kappa shape index (κ3) is 6.49. The van der Waals surface area contributed by atoms with Crippen molar-refractivity contribution in [1.29, 1.82) is 0 Å². The van der Waals surface area contributed by atoms with Crippen molar-refractivity contribution in [3.8, 4) is 11.5 Å². The molecule has 2 heterocycles. The molecule has 1 N–H and O–H groups in total. The minimum absolute atomic E-state index is 0. The van der Waals surface area contributed by atoms with E-state index >= 15 is 0 Å². The van der Waals surface area contributed by atoms with Gasteiger partial charge in [-0.05, 0) is 43.3 Å². The Hall–Kier alpha value is -2.98. The topological polar surface area (TPSA) is 138 Å². The largest absolute Gasteiger partial charge is 1.00 e. The van der Waals surface area contributed by atoms with Crippen LogP contribution in [0.2, 0.25) is 0 Å². The molecular formula is C24H21F3N3NaO7S2. The van der Waals surface area contributed by atoms with Crippen molar-refractivity contribution in [3.63, 3.8) is 0 Å². The van der Waals surface area contributed by atoms with E-state index in [9.17, 15) is 35.7 Å². The molecule has 0 saturated carbocycles. The molecule has 2 aromatic carbocycles. The van der Waals surface area contributed by atoms with Crippen LogP contribution in [-0.4, -0.2) is 57.5 Å². The number of ether oxygens (including phenoxy) is 2. The Kier molecular flexibility index (Phi) is 9.67. The van der Waals surface area contributed by atoms with E-state index in [-0.39, 0.29) is 69.9 Å². The second kappa shape index (κ2) is 12.3.